The lowest BCUT2D eigenvalue weighted by atomic mass is 9.95. The maximum atomic E-state index is 13.7. The molecule has 0 bridgehead atoms. The predicted octanol–water partition coefficient (Wildman–Crippen LogP) is 4.21. The quantitative estimate of drug-likeness (QED) is 0.272. The van der Waals surface area contributed by atoms with Crippen molar-refractivity contribution in [3.63, 3.8) is 0 Å². The highest BCUT2D eigenvalue weighted by atomic mass is 32.2. The largest absolute Gasteiger partial charge is 0.494 e. The molecular weight excluding hydrogens is 526 g/mol. The van der Waals surface area contributed by atoms with Gasteiger partial charge < -0.3 is 9.84 Å². The lowest BCUT2D eigenvalue weighted by Gasteiger charge is -2.15. The number of carbonyl (C=O) groups is 1. The number of nitrogens with zero attached hydrogens (tertiary/aromatic N) is 2. The molecule has 0 saturated carbocycles. The number of aromatic nitrogens is 1. The summed E-state index contributed by atoms with van der Waals surface area (Å²) in [6.07, 6.45) is 4.81. The van der Waals surface area contributed by atoms with E-state index >= 15 is 0 Å². The van der Waals surface area contributed by atoms with Crippen molar-refractivity contribution < 1.29 is 23.1 Å². The van der Waals surface area contributed by atoms with E-state index in [1.807, 2.05) is 0 Å². The standard InChI is InChI=1S/C27H25N3O6S2/c1-2-36-27(33)23-20-9-5-6-10-22(20)37-26(23)30-24(31)19-8-4-3-7-18(19)21(25(30)32)15-29-16-11-13-17(14-12-16)38(28,34)35/h3-4,7-8,11-15,32H,2,5-6,9-10H2,1H3,(H2,28,34,35). The van der Waals surface area contributed by atoms with Crippen LogP contribution in [0.5, 0.6) is 5.88 Å². The molecule has 196 valence electrons. The second-order valence-corrected chi connectivity index (χ2v) is 11.5. The molecule has 0 saturated heterocycles. The number of aryl methyl sites for hydroxylation is 1. The smallest absolute Gasteiger partial charge is 0.341 e. The van der Waals surface area contributed by atoms with Crippen LogP contribution < -0.4 is 10.7 Å². The topological polar surface area (TPSA) is 141 Å². The molecule has 9 nitrogen and oxygen atoms in total. The van der Waals surface area contributed by atoms with Crippen molar-refractivity contribution in [3.8, 4) is 10.9 Å². The zero-order valence-corrected chi connectivity index (χ0v) is 22.1. The molecule has 2 aromatic heterocycles. The fraction of sp³-hybridized carbons (Fsp3) is 0.222. The summed E-state index contributed by atoms with van der Waals surface area (Å²) in [7, 11) is -3.85. The predicted molar refractivity (Wildman–Crippen MR) is 147 cm³/mol. The molecule has 0 aliphatic heterocycles. The van der Waals surface area contributed by atoms with E-state index in [1.165, 1.54) is 46.4 Å². The van der Waals surface area contributed by atoms with Crippen LogP contribution in [-0.4, -0.2) is 36.9 Å². The summed E-state index contributed by atoms with van der Waals surface area (Å²) in [6, 6.07) is 12.5. The van der Waals surface area contributed by atoms with Gasteiger partial charge in [0.25, 0.3) is 5.56 Å². The molecule has 3 N–H and O–H groups in total. The lowest BCUT2D eigenvalue weighted by Crippen LogP contribution is -2.22. The van der Waals surface area contributed by atoms with Crippen molar-refractivity contribution in [3.05, 3.63) is 80.5 Å². The molecule has 1 aliphatic carbocycles. The summed E-state index contributed by atoms with van der Waals surface area (Å²) in [4.78, 5) is 32.1. The Kier molecular flexibility index (Phi) is 6.91. The number of primary sulfonamides is 1. The van der Waals surface area contributed by atoms with Gasteiger partial charge in [-0.2, -0.15) is 0 Å². The molecule has 0 fully saturated rings. The van der Waals surface area contributed by atoms with E-state index in [1.54, 1.807) is 31.2 Å². The maximum Gasteiger partial charge on any atom is 0.341 e. The zero-order chi connectivity index (χ0) is 27.0. The van der Waals surface area contributed by atoms with E-state index in [9.17, 15) is 23.1 Å². The molecule has 2 heterocycles. The summed E-state index contributed by atoms with van der Waals surface area (Å²) in [5.41, 5.74) is 1.42. The third-order valence-corrected chi connectivity index (χ3v) is 8.65. The first-order chi connectivity index (χ1) is 18.2. The van der Waals surface area contributed by atoms with Crippen molar-refractivity contribution in [1.29, 1.82) is 0 Å². The minimum absolute atomic E-state index is 0.0496. The van der Waals surface area contributed by atoms with E-state index in [4.69, 9.17) is 9.88 Å². The summed E-state index contributed by atoms with van der Waals surface area (Å²) in [5.74, 6) is -0.880. The number of hydrogen-bond acceptors (Lipinski definition) is 8. The van der Waals surface area contributed by atoms with Gasteiger partial charge in [-0.15, -0.1) is 11.3 Å². The van der Waals surface area contributed by atoms with E-state index in [0.717, 1.165) is 29.7 Å². The summed E-state index contributed by atoms with van der Waals surface area (Å²) in [6.45, 7) is 1.91. The molecule has 11 heteroatoms. The van der Waals surface area contributed by atoms with Crippen LogP contribution in [-0.2, 0) is 27.6 Å². The van der Waals surface area contributed by atoms with Gasteiger partial charge in [-0.1, -0.05) is 18.2 Å². The number of esters is 1. The number of benzene rings is 2. The average Bonchev–Trinajstić information content (AvgIpc) is 3.28. The van der Waals surface area contributed by atoms with Crippen molar-refractivity contribution in [1.82, 2.24) is 4.57 Å². The van der Waals surface area contributed by atoms with Gasteiger partial charge in [0.05, 0.1) is 28.3 Å². The number of aliphatic imine (C=N–C) groups is 1. The first kappa shape index (κ1) is 25.8. The number of thiophene rings is 1. The van der Waals surface area contributed by atoms with Gasteiger partial charge in [0.1, 0.15) is 5.00 Å². The Bertz CT molecular complexity index is 1750. The number of nitrogens with two attached hydrogens (primary N) is 1. The Balaban J connectivity index is 1.72. The lowest BCUT2D eigenvalue weighted by molar-refractivity contribution is 0.0525. The van der Waals surface area contributed by atoms with E-state index in [2.05, 4.69) is 4.99 Å². The van der Waals surface area contributed by atoms with Gasteiger partial charge in [0, 0.05) is 21.9 Å². The number of hydrogen-bond donors (Lipinski definition) is 2. The summed E-state index contributed by atoms with van der Waals surface area (Å²) < 4.78 is 29.6. The first-order valence-electron chi connectivity index (χ1n) is 12.1. The Morgan fingerprint density at radius 2 is 1.82 bits per heavy atom. The van der Waals surface area contributed by atoms with E-state index < -0.39 is 21.6 Å². The van der Waals surface area contributed by atoms with Gasteiger partial charge in [-0.05, 0) is 68.5 Å². The van der Waals surface area contributed by atoms with Crippen LogP contribution >= 0.6 is 11.3 Å². The molecule has 0 amide bonds. The second kappa shape index (κ2) is 10.2. The van der Waals surface area contributed by atoms with Gasteiger partial charge >= 0.3 is 5.97 Å². The maximum absolute atomic E-state index is 13.7. The number of rotatable bonds is 6. The second-order valence-electron chi connectivity index (χ2n) is 8.83. The Morgan fingerprint density at radius 1 is 1.13 bits per heavy atom. The van der Waals surface area contributed by atoms with Gasteiger partial charge in [-0.25, -0.2) is 22.9 Å². The highest BCUT2D eigenvalue weighted by Crippen LogP contribution is 2.39. The monoisotopic (exact) mass is 551 g/mol. The van der Waals surface area contributed by atoms with Crippen LogP contribution in [0.3, 0.4) is 0 Å². The fourth-order valence-corrected chi connectivity index (χ4v) is 6.55. The molecule has 38 heavy (non-hydrogen) atoms. The number of aromatic hydroxyl groups is 1. The van der Waals surface area contributed by atoms with Gasteiger partial charge in [0.2, 0.25) is 15.9 Å². The Morgan fingerprint density at radius 3 is 2.50 bits per heavy atom. The SMILES string of the molecule is CCOC(=O)c1c(-n2c(O)c(C=Nc3ccc(S(N)(=O)=O)cc3)c3ccccc3c2=O)sc2c1CCCC2. The molecular formula is C27H25N3O6S2. The normalized spacial score (nSPS) is 13.6. The number of ether oxygens (including phenoxy) is 1. The van der Waals surface area contributed by atoms with Crippen LogP contribution in [0.2, 0.25) is 0 Å². The molecule has 0 atom stereocenters. The molecule has 0 spiro atoms. The van der Waals surface area contributed by atoms with Crippen LogP contribution in [0.25, 0.3) is 15.8 Å². The van der Waals surface area contributed by atoms with Crippen molar-refractivity contribution >= 4 is 50.0 Å². The van der Waals surface area contributed by atoms with Gasteiger partial charge in [-0.3, -0.25) is 9.79 Å². The fourth-order valence-electron chi connectivity index (χ4n) is 4.66. The summed E-state index contributed by atoms with van der Waals surface area (Å²) >= 11 is 1.32. The average molecular weight is 552 g/mol. The molecule has 0 unspecified atom stereocenters. The van der Waals surface area contributed by atoms with E-state index in [0.29, 0.717) is 33.4 Å². The number of carbonyl (C=O) groups excluding carboxylic acids is 1. The van der Waals surface area contributed by atoms with Crippen LogP contribution in [0.1, 0.15) is 46.1 Å². The highest BCUT2D eigenvalue weighted by Gasteiger charge is 2.30. The summed E-state index contributed by atoms with van der Waals surface area (Å²) in [5, 5.41) is 17.8. The molecule has 2 aromatic carbocycles. The van der Waals surface area contributed by atoms with Crippen molar-refractivity contribution in [2.45, 2.75) is 37.5 Å². The Hall–Kier alpha value is -3.80. The first-order valence-corrected chi connectivity index (χ1v) is 14.4. The number of fused-ring (bicyclic) bond motifs is 2. The van der Waals surface area contributed by atoms with Crippen molar-refractivity contribution in [2.75, 3.05) is 6.61 Å². The molecule has 4 aromatic rings. The van der Waals surface area contributed by atoms with Gasteiger partial charge in [0.15, 0.2) is 0 Å². The minimum Gasteiger partial charge on any atom is -0.494 e. The van der Waals surface area contributed by atoms with Crippen LogP contribution in [0, 0.1) is 0 Å². The van der Waals surface area contributed by atoms with E-state index in [-0.39, 0.29) is 22.9 Å². The molecule has 5 rings (SSSR count). The van der Waals surface area contributed by atoms with Crippen molar-refractivity contribution in [2.24, 2.45) is 10.1 Å². The van der Waals surface area contributed by atoms with Crippen LogP contribution in [0.15, 0.2) is 63.2 Å². The molecule has 0 radical (unpaired) electrons. The third kappa shape index (κ3) is 4.64. The highest BCUT2D eigenvalue weighted by molar-refractivity contribution is 7.89. The van der Waals surface area contributed by atoms with Crippen LogP contribution in [0.4, 0.5) is 5.69 Å². The zero-order valence-electron chi connectivity index (χ0n) is 20.5. The Labute approximate surface area is 222 Å². The number of pyridine rings is 1. The minimum atomic E-state index is -3.85. The molecule has 1 aliphatic rings. The third-order valence-electron chi connectivity index (χ3n) is 6.45. The number of sulfonamides is 1.